The van der Waals surface area contributed by atoms with Gasteiger partial charge in [0.2, 0.25) is 5.89 Å². The van der Waals surface area contributed by atoms with E-state index in [1.165, 1.54) is 0 Å². The lowest BCUT2D eigenvalue weighted by Crippen LogP contribution is -2.26. The van der Waals surface area contributed by atoms with E-state index in [0.29, 0.717) is 24.7 Å². The SMILES string of the molecule is Cc1noc([C@H]2C[C@H](O)CN2c2nc(C)nc3scc(C)c23)n1. The highest BCUT2D eigenvalue weighted by atomic mass is 32.1. The Kier molecular flexibility index (Phi) is 3.31. The first kappa shape index (κ1) is 14.5. The summed E-state index contributed by atoms with van der Waals surface area (Å²) in [5.41, 5.74) is 1.14. The minimum absolute atomic E-state index is 0.164. The molecule has 0 aliphatic carbocycles. The van der Waals surface area contributed by atoms with Gasteiger partial charge in [0.15, 0.2) is 5.82 Å². The minimum Gasteiger partial charge on any atom is -0.391 e. The van der Waals surface area contributed by atoms with Crippen molar-refractivity contribution in [2.24, 2.45) is 0 Å². The van der Waals surface area contributed by atoms with Crippen molar-refractivity contribution >= 4 is 27.4 Å². The molecule has 4 rings (SSSR count). The summed E-state index contributed by atoms with van der Waals surface area (Å²) in [4.78, 5) is 16.5. The van der Waals surface area contributed by atoms with Crippen molar-refractivity contribution in [1.29, 1.82) is 0 Å². The number of anilines is 1. The molecule has 4 heterocycles. The van der Waals surface area contributed by atoms with Crippen molar-refractivity contribution in [3.8, 4) is 0 Å². The monoisotopic (exact) mass is 331 g/mol. The molecule has 0 saturated carbocycles. The van der Waals surface area contributed by atoms with Crippen LogP contribution >= 0.6 is 11.3 Å². The summed E-state index contributed by atoms with van der Waals surface area (Å²) in [6.45, 7) is 6.22. The molecule has 0 unspecified atom stereocenters. The average molecular weight is 331 g/mol. The fraction of sp³-hybridized carbons (Fsp3) is 0.467. The van der Waals surface area contributed by atoms with Crippen LogP contribution in [0, 0.1) is 20.8 Å². The van der Waals surface area contributed by atoms with Gasteiger partial charge in [0.05, 0.1) is 11.5 Å². The van der Waals surface area contributed by atoms with E-state index in [0.717, 1.165) is 27.4 Å². The maximum Gasteiger partial charge on any atom is 0.249 e. The number of aliphatic hydroxyl groups excluding tert-OH is 1. The summed E-state index contributed by atoms with van der Waals surface area (Å²) in [6.07, 6.45) is 0.103. The summed E-state index contributed by atoms with van der Waals surface area (Å²) in [5.74, 6) is 2.67. The molecule has 1 aliphatic rings. The second-order valence-corrected chi connectivity index (χ2v) is 6.79. The molecule has 1 saturated heterocycles. The van der Waals surface area contributed by atoms with Crippen LogP contribution < -0.4 is 4.90 Å². The van der Waals surface area contributed by atoms with Gasteiger partial charge in [-0.05, 0) is 31.7 Å². The van der Waals surface area contributed by atoms with Gasteiger partial charge in [-0.25, -0.2) is 9.97 Å². The molecule has 23 heavy (non-hydrogen) atoms. The van der Waals surface area contributed by atoms with E-state index in [-0.39, 0.29) is 6.04 Å². The zero-order valence-electron chi connectivity index (χ0n) is 13.1. The minimum atomic E-state index is -0.448. The maximum atomic E-state index is 10.2. The lowest BCUT2D eigenvalue weighted by molar-refractivity contribution is 0.191. The van der Waals surface area contributed by atoms with Gasteiger partial charge in [0.1, 0.15) is 22.5 Å². The molecule has 3 aromatic heterocycles. The lowest BCUT2D eigenvalue weighted by Gasteiger charge is -2.24. The first-order chi connectivity index (χ1) is 11.0. The summed E-state index contributed by atoms with van der Waals surface area (Å²) < 4.78 is 5.35. The summed E-state index contributed by atoms with van der Waals surface area (Å²) in [5, 5.41) is 17.2. The molecular weight excluding hydrogens is 314 g/mol. The molecular formula is C15H17N5O2S. The third-order valence-corrected chi connectivity index (χ3v) is 5.08. The number of hydrogen-bond acceptors (Lipinski definition) is 8. The summed E-state index contributed by atoms with van der Waals surface area (Å²) in [6, 6.07) is -0.164. The zero-order valence-corrected chi connectivity index (χ0v) is 14.0. The lowest BCUT2D eigenvalue weighted by atomic mass is 10.2. The molecule has 2 atom stereocenters. The van der Waals surface area contributed by atoms with E-state index in [1.807, 2.05) is 6.92 Å². The number of thiophene rings is 1. The number of nitrogens with zero attached hydrogens (tertiary/aromatic N) is 5. The molecule has 8 heteroatoms. The van der Waals surface area contributed by atoms with Crippen molar-refractivity contribution in [1.82, 2.24) is 20.1 Å². The van der Waals surface area contributed by atoms with Crippen LogP contribution in [0.25, 0.3) is 10.2 Å². The van der Waals surface area contributed by atoms with E-state index in [4.69, 9.17) is 4.52 Å². The molecule has 120 valence electrons. The Morgan fingerprint density at radius 1 is 1.22 bits per heavy atom. The molecule has 0 amide bonds. The van der Waals surface area contributed by atoms with E-state index in [2.05, 4.69) is 37.3 Å². The first-order valence-electron chi connectivity index (χ1n) is 7.50. The number of β-amino-alcohol motifs (C(OH)–C–C–N with tert-alkyl or cyclic N) is 1. The highest BCUT2D eigenvalue weighted by Crippen LogP contribution is 2.40. The molecule has 0 aromatic carbocycles. The van der Waals surface area contributed by atoms with Crippen molar-refractivity contribution in [3.63, 3.8) is 0 Å². The first-order valence-corrected chi connectivity index (χ1v) is 8.38. The van der Waals surface area contributed by atoms with Crippen LogP contribution in [0.5, 0.6) is 0 Å². The summed E-state index contributed by atoms with van der Waals surface area (Å²) in [7, 11) is 0. The van der Waals surface area contributed by atoms with Crippen molar-refractivity contribution in [2.45, 2.75) is 39.3 Å². The largest absolute Gasteiger partial charge is 0.391 e. The smallest absolute Gasteiger partial charge is 0.249 e. The standard InChI is InChI=1S/C15H17N5O2S/c1-7-6-23-15-12(7)13(16-8(2)18-15)20-5-10(21)4-11(20)14-17-9(3)19-22-14/h6,10-11,21H,4-5H2,1-3H3/t10-,11+/m0/s1. The highest BCUT2D eigenvalue weighted by Gasteiger charge is 2.37. The zero-order chi connectivity index (χ0) is 16.1. The molecule has 3 aromatic rings. The predicted molar refractivity (Wildman–Crippen MR) is 86.6 cm³/mol. The number of hydrogen-bond donors (Lipinski definition) is 1. The Morgan fingerprint density at radius 3 is 2.78 bits per heavy atom. The van der Waals surface area contributed by atoms with E-state index >= 15 is 0 Å². The number of fused-ring (bicyclic) bond motifs is 1. The van der Waals surface area contributed by atoms with Gasteiger partial charge < -0.3 is 14.5 Å². The topological polar surface area (TPSA) is 88.2 Å². The van der Waals surface area contributed by atoms with Crippen LogP contribution in [0.15, 0.2) is 9.90 Å². The normalized spacial score (nSPS) is 21.5. The third-order valence-electron chi connectivity index (χ3n) is 4.09. The number of aryl methyl sites for hydroxylation is 3. The van der Waals surface area contributed by atoms with E-state index in [9.17, 15) is 5.11 Å². The van der Waals surface area contributed by atoms with E-state index in [1.54, 1.807) is 18.3 Å². The Morgan fingerprint density at radius 2 is 2.04 bits per heavy atom. The Balaban J connectivity index is 1.86. The summed E-state index contributed by atoms with van der Waals surface area (Å²) >= 11 is 1.61. The van der Waals surface area contributed by atoms with Crippen molar-refractivity contribution in [2.75, 3.05) is 11.4 Å². The average Bonchev–Trinajstić information content (AvgIpc) is 3.18. The van der Waals surface area contributed by atoms with Gasteiger partial charge >= 0.3 is 0 Å². The van der Waals surface area contributed by atoms with Crippen LogP contribution in [0.3, 0.4) is 0 Å². The van der Waals surface area contributed by atoms with Crippen molar-refractivity contribution in [3.05, 3.63) is 28.5 Å². The van der Waals surface area contributed by atoms with Gasteiger partial charge in [-0.1, -0.05) is 5.16 Å². The molecule has 7 nitrogen and oxygen atoms in total. The quantitative estimate of drug-likeness (QED) is 0.771. The van der Waals surface area contributed by atoms with Gasteiger partial charge in [0, 0.05) is 13.0 Å². The molecule has 1 aliphatic heterocycles. The number of rotatable bonds is 2. The molecule has 0 bridgehead atoms. The Labute approximate surface area is 137 Å². The van der Waals surface area contributed by atoms with Crippen molar-refractivity contribution < 1.29 is 9.63 Å². The van der Waals surface area contributed by atoms with Crippen LogP contribution in [-0.4, -0.2) is 37.9 Å². The second kappa shape index (κ2) is 5.24. The predicted octanol–water partition coefficient (Wildman–Crippen LogP) is 2.31. The van der Waals surface area contributed by atoms with Gasteiger partial charge in [-0.2, -0.15) is 4.98 Å². The fourth-order valence-corrected chi connectivity index (χ4v) is 4.07. The fourth-order valence-electron chi connectivity index (χ4n) is 3.10. The number of aromatic nitrogens is 4. The van der Waals surface area contributed by atoms with Gasteiger partial charge in [-0.15, -0.1) is 11.3 Å². The second-order valence-electron chi connectivity index (χ2n) is 5.93. The highest BCUT2D eigenvalue weighted by molar-refractivity contribution is 7.17. The molecule has 1 N–H and O–H groups in total. The molecule has 1 fully saturated rings. The van der Waals surface area contributed by atoms with Crippen LogP contribution in [0.4, 0.5) is 5.82 Å². The van der Waals surface area contributed by atoms with Crippen LogP contribution in [-0.2, 0) is 0 Å². The van der Waals surface area contributed by atoms with Crippen LogP contribution in [0.1, 0.15) is 35.6 Å². The molecule has 0 radical (unpaired) electrons. The maximum absolute atomic E-state index is 10.2. The van der Waals surface area contributed by atoms with Crippen LogP contribution in [0.2, 0.25) is 0 Å². The third kappa shape index (κ3) is 2.38. The van der Waals surface area contributed by atoms with E-state index < -0.39 is 6.10 Å². The Bertz CT molecular complexity index is 874. The molecule has 0 spiro atoms. The Hall–Kier alpha value is -2.06. The van der Waals surface area contributed by atoms with Gasteiger partial charge in [0.25, 0.3) is 0 Å². The number of aliphatic hydroxyl groups is 1. The van der Waals surface area contributed by atoms with Gasteiger partial charge in [-0.3, -0.25) is 0 Å².